The summed E-state index contributed by atoms with van der Waals surface area (Å²) in [6.45, 7) is 13.4. The van der Waals surface area contributed by atoms with Gasteiger partial charge in [0.15, 0.2) is 0 Å². The Morgan fingerprint density at radius 1 is 0.634 bits per heavy atom. The van der Waals surface area contributed by atoms with Gasteiger partial charge in [0.2, 0.25) is 0 Å². The molecule has 0 atom stereocenters. The number of hydrogen-bond acceptors (Lipinski definition) is 0. The molecule has 0 radical (unpaired) electrons. The Morgan fingerprint density at radius 2 is 1.17 bits per heavy atom. The third-order valence-electron chi connectivity index (χ3n) is 6.86. The zero-order chi connectivity index (χ0) is 27.9. The van der Waals surface area contributed by atoms with E-state index in [4.69, 9.17) is 0 Å². The summed E-state index contributed by atoms with van der Waals surface area (Å²) in [6, 6.07) is 41.4. The first-order valence-electron chi connectivity index (χ1n) is 13.7. The van der Waals surface area contributed by atoms with Gasteiger partial charge in [0, 0.05) is 0 Å². The maximum absolute atomic E-state index is 2.34. The van der Waals surface area contributed by atoms with E-state index in [-0.39, 0.29) is 30.2 Å². The van der Waals surface area contributed by atoms with Crippen LogP contribution in [-0.4, -0.2) is 5.43 Å². The van der Waals surface area contributed by atoms with Crippen LogP contribution in [0.25, 0.3) is 43.8 Å². The Bertz CT molecular complexity index is 1670. The first kappa shape index (κ1) is 35.0. The molecule has 0 amide bonds. The van der Waals surface area contributed by atoms with Crippen molar-refractivity contribution < 1.29 is 48.1 Å². The van der Waals surface area contributed by atoms with Crippen molar-refractivity contribution in [1.29, 1.82) is 0 Å². The molecule has 0 aliphatic rings. The van der Waals surface area contributed by atoms with Gasteiger partial charge in [-0.05, 0) is 17.0 Å². The average Bonchev–Trinajstić information content (AvgIpc) is 3.54. The largest absolute Gasteiger partial charge is 1.00 e. The minimum absolute atomic E-state index is 0. The van der Waals surface area contributed by atoms with Gasteiger partial charge in [0.05, 0.1) is 0 Å². The van der Waals surface area contributed by atoms with E-state index in [1.54, 1.807) is 23.3 Å². The van der Waals surface area contributed by atoms with E-state index in [0.29, 0.717) is 5.92 Å². The van der Waals surface area contributed by atoms with Gasteiger partial charge in [-0.3, -0.25) is 0 Å². The molecule has 0 spiro atoms. The Kier molecular flexibility index (Phi) is 14.0. The number of hydrogen-bond donors (Lipinski definition) is 0. The molecule has 0 aromatic heterocycles. The molecule has 0 aliphatic heterocycles. The number of aryl methyl sites for hydroxylation is 2. The summed E-state index contributed by atoms with van der Waals surface area (Å²) in [4.78, 5) is 0. The first-order valence-corrected chi connectivity index (χ1v) is 19.9. The van der Waals surface area contributed by atoms with Crippen LogP contribution in [0, 0.1) is 13.8 Å². The van der Waals surface area contributed by atoms with Gasteiger partial charge in [-0.15, -0.1) is 68.6 Å². The molecular weight excluding hydrogens is 635 g/mol. The molecule has 0 heterocycles. The smallest absolute Gasteiger partial charge is 0.0279 e. The molecule has 6 aromatic rings. The Hall–Kier alpha value is -2.22. The molecule has 6 rings (SSSR count). The van der Waals surface area contributed by atoms with Gasteiger partial charge >= 0.3 is 41.9 Å². The average molecular weight is 673 g/mol. The fraction of sp³-hybridized carbons (Fsp3) is 0.189. The molecule has 0 saturated heterocycles. The monoisotopic (exact) mass is 670 g/mol. The van der Waals surface area contributed by atoms with E-state index in [1.165, 1.54) is 60.5 Å². The molecule has 210 valence electrons. The van der Waals surface area contributed by atoms with Crippen LogP contribution in [0.2, 0.25) is 13.1 Å². The van der Waals surface area contributed by atoms with E-state index in [2.05, 4.69) is 156 Å². The standard InChI is InChI=1S/C18H17.C17H15.C2H6Si.2ClH.Zr/c1-13(2)16-11-15-9-6-10-17(18(15)12-16)14-7-4-3-5-8-14;1-12-10-16-13(2)8-9-15(17(16)11-12)14-6-4-3-5-7-14;1-3-2;;;/h3-13H,1-2H3;3-11H,1-2H3;1-2H3;2*1H;/q2*-1;;;;+2/p-2. The van der Waals surface area contributed by atoms with Gasteiger partial charge in [-0.1, -0.05) is 112 Å². The molecule has 0 bridgehead atoms. The summed E-state index contributed by atoms with van der Waals surface area (Å²) in [5, 5.41) is 5.46. The van der Waals surface area contributed by atoms with E-state index >= 15 is 0 Å². The minimum Gasteiger partial charge on any atom is -1.00 e. The number of halogens is 2. The van der Waals surface area contributed by atoms with Crippen molar-refractivity contribution in [3.8, 4) is 22.3 Å². The van der Waals surface area contributed by atoms with E-state index in [0.717, 1.165) is 0 Å². The van der Waals surface area contributed by atoms with Crippen molar-refractivity contribution in [2.75, 3.05) is 0 Å². The molecule has 0 N–H and O–H groups in total. The van der Waals surface area contributed by atoms with Crippen molar-refractivity contribution in [1.82, 2.24) is 0 Å². The van der Waals surface area contributed by atoms with Crippen LogP contribution in [-0.2, 0) is 23.3 Å². The third-order valence-corrected chi connectivity index (χ3v) is 6.86. The van der Waals surface area contributed by atoms with Gasteiger partial charge in [-0.25, -0.2) is 0 Å². The molecule has 0 nitrogen and oxygen atoms in total. The second-order valence-electron chi connectivity index (χ2n) is 10.8. The van der Waals surface area contributed by atoms with Gasteiger partial charge in [0.1, 0.15) is 0 Å². The topological polar surface area (TPSA) is 0 Å². The van der Waals surface area contributed by atoms with Crippen LogP contribution in [0.3, 0.4) is 0 Å². The number of fused-ring (bicyclic) bond motifs is 2. The summed E-state index contributed by atoms with van der Waals surface area (Å²) in [7, 11) is 0. The van der Waals surface area contributed by atoms with Gasteiger partial charge in [-0.2, -0.15) is 12.1 Å². The molecule has 0 unspecified atom stereocenters. The fourth-order valence-corrected chi connectivity index (χ4v) is 4.92. The second-order valence-corrected chi connectivity index (χ2v) is 20.1. The summed E-state index contributed by atoms with van der Waals surface area (Å²) in [5.74, 6) is 0.584. The van der Waals surface area contributed by atoms with E-state index < -0.39 is 0 Å². The summed E-state index contributed by atoms with van der Waals surface area (Å²) in [5.41, 5.74) is 9.58. The van der Waals surface area contributed by atoms with Crippen molar-refractivity contribution in [3.63, 3.8) is 0 Å². The van der Waals surface area contributed by atoms with E-state index in [9.17, 15) is 0 Å². The third kappa shape index (κ3) is 9.13. The number of benzene rings is 4. The second kappa shape index (κ2) is 16.4. The zero-order valence-corrected chi connectivity index (χ0v) is 29.8. The van der Waals surface area contributed by atoms with Gasteiger partial charge in [0.25, 0.3) is 0 Å². The molecule has 0 aliphatic carbocycles. The Balaban J connectivity index is 0.000000244. The molecule has 4 heteroatoms. The molecule has 0 fully saturated rings. The van der Waals surface area contributed by atoms with Crippen molar-refractivity contribution >= 4 is 27.0 Å². The summed E-state index contributed by atoms with van der Waals surface area (Å²) < 4.78 is 0. The maximum atomic E-state index is 2.34. The van der Waals surface area contributed by atoms with Crippen LogP contribution < -0.4 is 24.8 Å². The fourth-order valence-electron chi connectivity index (χ4n) is 4.92. The van der Waals surface area contributed by atoms with Gasteiger partial charge < -0.3 is 24.8 Å². The first-order chi connectivity index (χ1) is 18.7. The summed E-state index contributed by atoms with van der Waals surface area (Å²) >= 11 is 1.74. The zero-order valence-electron chi connectivity index (χ0n) is 24.8. The predicted molar refractivity (Wildman–Crippen MR) is 171 cm³/mol. The molecule has 41 heavy (non-hydrogen) atoms. The molecule has 6 aromatic carbocycles. The normalized spacial score (nSPS) is 10.2. The van der Waals surface area contributed by atoms with Crippen LogP contribution in [0.5, 0.6) is 0 Å². The predicted octanol–water partition coefficient (Wildman–Crippen LogP) is 4.98. The maximum Gasteiger partial charge on any atom is -0.0279 e. The van der Waals surface area contributed by atoms with Crippen molar-refractivity contribution in [2.24, 2.45) is 0 Å². The SMILES string of the molecule is CC(C)c1cc2c(-c3ccccc3)cccc2[cH-]1.C[Si](C)=[Zr+2].Cc1cc2c(-c3ccccc3)ccc(C)c2[cH-]1.[Cl-].[Cl-]. The Labute approximate surface area is 274 Å². The quantitative estimate of drug-likeness (QED) is 0.184. The Morgan fingerprint density at radius 3 is 1.71 bits per heavy atom. The number of rotatable bonds is 3. The van der Waals surface area contributed by atoms with Crippen LogP contribution in [0.15, 0.2) is 115 Å². The van der Waals surface area contributed by atoms with Crippen molar-refractivity contribution in [2.45, 2.75) is 46.7 Å². The molecular formula is C37H38Cl2SiZr-2. The van der Waals surface area contributed by atoms with Crippen LogP contribution >= 0.6 is 0 Å². The van der Waals surface area contributed by atoms with E-state index in [1.807, 2.05) is 0 Å². The summed E-state index contributed by atoms with van der Waals surface area (Å²) in [6.07, 6.45) is 0. The minimum atomic E-state index is 0. The molecule has 0 saturated carbocycles. The van der Waals surface area contributed by atoms with Crippen molar-refractivity contribution in [3.05, 3.63) is 132 Å². The van der Waals surface area contributed by atoms with Crippen LogP contribution in [0.1, 0.15) is 36.5 Å². The van der Waals surface area contributed by atoms with Crippen LogP contribution in [0.4, 0.5) is 0 Å².